The van der Waals surface area contributed by atoms with Gasteiger partial charge in [0.25, 0.3) is 11.8 Å². The van der Waals surface area contributed by atoms with E-state index in [1.807, 2.05) is 0 Å². The Balaban J connectivity index is 1.48. The van der Waals surface area contributed by atoms with Crippen LogP contribution in [0.5, 0.6) is 0 Å². The SMILES string of the molecule is NC(=O)C1CCCN(CCCNC(=O)c2nccnc2C(=O)NCc2ccc(F)cc2)C1. The van der Waals surface area contributed by atoms with Gasteiger partial charge < -0.3 is 21.3 Å². The van der Waals surface area contributed by atoms with E-state index in [-0.39, 0.29) is 35.6 Å². The second-order valence-electron chi connectivity index (χ2n) is 7.71. The van der Waals surface area contributed by atoms with Crippen LogP contribution in [-0.2, 0) is 11.3 Å². The lowest BCUT2D eigenvalue weighted by Gasteiger charge is -2.31. The lowest BCUT2D eigenvalue weighted by Crippen LogP contribution is -2.42. The number of amides is 3. The topological polar surface area (TPSA) is 130 Å². The molecular weight excluding hydrogens is 415 g/mol. The number of piperidine rings is 1. The van der Waals surface area contributed by atoms with Gasteiger partial charge in [0.1, 0.15) is 5.82 Å². The van der Waals surface area contributed by atoms with Crippen molar-refractivity contribution in [2.75, 3.05) is 26.2 Å². The van der Waals surface area contributed by atoms with Crippen molar-refractivity contribution in [2.45, 2.75) is 25.8 Å². The number of nitrogens with two attached hydrogens (primary N) is 1. The van der Waals surface area contributed by atoms with Gasteiger partial charge in [-0.3, -0.25) is 14.4 Å². The lowest BCUT2D eigenvalue weighted by atomic mass is 9.97. The number of hydrogen-bond acceptors (Lipinski definition) is 6. The maximum Gasteiger partial charge on any atom is 0.272 e. The highest BCUT2D eigenvalue weighted by atomic mass is 19.1. The number of carbonyl (C=O) groups is 3. The van der Waals surface area contributed by atoms with Crippen LogP contribution in [0.15, 0.2) is 36.7 Å². The third-order valence-electron chi connectivity index (χ3n) is 5.34. The summed E-state index contributed by atoms with van der Waals surface area (Å²) in [5.74, 6) is -1.78. The van der Waals surface area contributed by atoms with Crippen molar-refractivity contribution in [1.82, 2.24) is 25.5 Å². The Kier molecular flexibility index (Phi) is 8.20. The van der Waals surface area contributed by atoms with Crippen molar-refractivity contribution in [1.29, 1.82) is 0 Å². The number of nitrogens with zero attached hydrogens (tertiary/aromatic N) is 3. The molecule has 32 heavy (non-hydrogen) atoms. The summed E-state index contributed by atoms with van der Waals surface area (Å²) in [7, 11) is 0. The molecule has 3 rings (SSSR count). The summed E-state index contributed by atoms with van der Waals surface area (Å²) in [6.45, 7) is 2.84. The van der Waals surface area contributed by atoms with Crippen LogP contribution in [0.25, 0.3) is 0 Å². The van der Waals surface area contributed by atoms with Crippen molar-refractivity contribution in [3.8, 4) is 0 Å². The van der Waals surface area contributed by atoms with E-state index < -0.39 is 11.8 Å². The minimum Gasteiger partial charge on any atom is -0.369 e. The molecule has 9 nitrogen and oxygen atoms in total. The van der Waals surface area contributed by atoms with Crippen LogP contribution in [0.2, 0.25) is 0 Å². The van der Waals surface area contributed by atoms with Crippen LogP contribution in [-0.4, -0.2) is 58.8 Å². The van der Waals surface area contributed by atoms with Crippen molar-refractivity contribution in [2.24, 2.45) is 11.7 Å². The van der Waals surface area contributed by atoms with Gasteiger partial charge in [-0.15, -0.1) is 0 Å². The summed E-state index contributed by atoms with van der Waals surface area (Å²) in [5, 5.41) is 5.43. The highest BCUT2D eigenvalue weighted by Crippen LogP contribution is 2.16. The average Bonchev–Trinajstić information content (AvgIpc) is 2.81. The predicted molar refractivity (Wildman–Crippen MR) is 115 cm³/mol. The number of halogens is 1. The number of aromatic nitrogens is 2. The van der Waals surface area contributed by atoms with Crippen molar-refractivity contribution < 1.29 is 18.8 Å². The normalized spacial score (nSPS) is 16.3. The molecule has 1 unspecified atom stereocenters. The van der Waals surface area contributed by atoms with Crippen LogP contribution in [0.1, 0.15) is 45.8 Å². The smallest absolute Gasteiger partial charge is 0.272 e. The molecule has 4 N–H and O–H groups in total. The molecule has 10 heteroatoms. The first-order valence-electron chi connectivity index (χ1n) is 10.6. The summed E-state index contributed by atoms with van der Waals surface area (Å²) < 4.78 is 13.0. The number of benzene rings is 1. The Morgan fingerprint density at radius 1 is 1.06 bits per heavy atom. The summed E-state index contributed by atoms with van der Waals surface area (Å²) >= 11 is 0. The van der Waals surface area contributed by atoms with Crippen LogP contribution in [0.4, 0.5) is 4.39 Å². The Hall–Kier alpha value is -3.40. The number of carbonyl (C=O) groups excluding carboxylic acids is 3. The van der Waals surface area contributed by atoms with Gasteiger partial charge in [0.15, 0.2) is 11.4 Å². The third-order valence-corrected chi connectivity index (χ3v) is 5.34. The van der Waals surface area contributed by atoms with Gasteiger partial charge >= 0.3 is 0 Å². The molecule has 1 aromatic carbocycles. The van der Waals surface area contributed by atoms with E-state index in [0.29, 0.717) is 25.1 Å². The summed E-state index contributed by atoms with van der Waals surface area (Å²) in [6, 6.07) is 5.74. The fourth-order valence-corrected chi connectivity index (χ4v) is 3.62. The number of primary amides is 1. The molecule has 1 aliphatic rings. The minimum atomic E-state index is -0.543. The van der Waals surface area contributed by atoms with Crippen molar-refractivity contribution in [3.63, 3.8) is 0 Å². The molecule has 0 spiro atoms. The van der Waals surface area contributed by atoms with Crippen molar-refractivity contribution >= 4 is 17.7 Å². The molecule has 0 radical (unpaired) electrons. The first-order chi connectivity index (χ1) is 15.4. The summed E-state index contributed by atoms with van der Waals surface area (Å²) in [4.78, 5) is 46.7. The molecule has 0 aliphatic carbocycles. The molecule has 3 amide bonds. The molecule has 0 bridgehead atoms. The Labute approximate surface area is 185 Å². The van der Waals surface area contributed by atoms with E-state index in [9.17, 15) is 18.8 Å². The quantitative estimate of drug-likeness (QED) is 0.494. The molecule has 1 aliphatic heterocycles. The van der Waals surface area contributed by atoms with Gasteiger partial charge in [-0.2, -0.15) is 0 Å². The number of likely N-dealkylation sites (tertiary alicyclic amines) is 1. The van der Waals surface area contributed by atoms with Gasteiger partial charge in [-0.25, -0.2) is 14.4 Å². The average molecular weight is 442 g/mol. The molecule has 1 aromatic heterocycles. The standard InChI is InChI=1S/C22H27FN6O3/c23-17-6-4-15(5-7-17)13-28-22(32)19-18(25-9-10-26-19)21(31)27-8-2-12-29-11-1-3-16(14-29)20(24)30/h4-7,9-10,16H,1-3,8,11-14H2,(H2,24,30)(H,27,31)(H,28,32). The molecule has 2 aromatic rings. The van der Waals surface area contributed by atoms with E-state index in [1.54, 1.807) is 12.1 Å². The highest BCUT2D eigenvalue weighted by Gasteiger charge is 2.24. The lowest BCUT2D eigenvalue weighted by molar-refractivity contribution is -0.123. The fraction of sp³-hybridized carbons (Fsp3) is 0.409. The fourth-order valence-electron chi connectivity index (χ4n) is 3.62. The zero-order chi connectivity index (χ0) is 22.9. The molecule has 170 valence electrons. The molecule has 1 saturated heterocycles. The van der Waals surface area contributed by atoms with Gasteiger partial charge in [-0.1, -0.05) is 12.1 Å². The third kappa shape index (κ3) is 6.55. The molecule has 1 atom stereocenters. The van der Waals surface area contributed by atoms with E-state index in [2.05, 4.69) is 25.5 Å². The van der Waals surface area contributed by atoms with Crippen LogP contribution >= 0.6 is 0 Å². The molecular formula is C22H27FN6O3. The van der Waals surface area contributed by atoms with Gasteiger partial charge in [0, 0.05) is 32.0 Å². The summed E-state index contributed by atoms with van der Waals surface area (Å²) in [6.07, 6.45) is 5.12. The summed E-state index contributed by atoms with van der Waals surface area (Å²) in [5.41, 5.74) is 5.98. The second kappa shape index (κ2) is 11.3. The van der Waals surface area contributed by atoms with Gasteiger partial charge in [0.2, 0.25) is 5.91 Å². The van der Waals surface area contributed by atoms with Gasteiger partial charge in [-0.05, 0) is 50.0 Å². The van der Waals surface area contributed by atoms with Crippen molar-refractivity contribution in [3.05, 3.63) is 59.4 Å². The first kappa shape index (κ1) is 23.3. The minimum absolute atomic E-state index is 0.0594. The predicted octanol–water partition coefficient (Wildman–Crippen LogP) is 0.863. The highest BCUT2D eigenvalue weighted by molar-refractivity contribution is 6.04. The monoisotopic (exact) mass is 442 g/mol. The van der Waals surface area contributed by atoms with Gasteiger partial charge in [0.05, 0.1) is 5.92 Å². The maximum absolute atomic E-state index is 13.0. The van der Waals surface area contributed by atoms with E-state index in [0.717, 1.165) is 25.9 Å². The number of hydrogen-bond donors (Lipinski definition) is 3. The Morgan fingerprint density at radius 3 is 2.38 bits per heavy atom. The zero-order valence-electron chi connectivity index (χ0n) is 17.7. The number of rotatable bonds is 9. The maximum atomic E-state index is 13.0. The molecule has 2 heterocycles. The van der Waals surface area contributed by atoms with E-state index >= 15 is 0 Å². The Morgan fingerprint density at radius 2 is 1.72 bits per heavy atom. The van der Waals surface area contributed by atoms with Crippen LogP contribution in [0.3, 0.4) is 0 Å². The number of nitrogens with one attached hydrogen (secondary N) is 2. The second-order valence-corrected chi connectivity index (χ2v) is 7.71. The molecule has 0 saturated carbocycles. The first-order valence-corrected chi connectivity index (χ1v) is 10.6. The van der Waals surface area contributed by atoms with E-state index in [4.69, 9.17) is 5.73 Å². The largest absolute Gasteiger partial charge is 0.369 e. The van der Waals surface area contributed by atoms with E-state index in [1.165, 1.54) is 24.5 Å². The van der Waals surface area contributed by atoms with Crippen LogP contribution < -0.4 is 16.4 Å². The van der Waals surface area contributed by atoms with Crippen LogP contribution in [0, 0.1) is 11.7 Å². The zero-order valence-corrected chi connectivity index (χ0v) is 17.7. The molecule has 1 fully saturated rings. The Bertz CT molecular complexity index is 953.